The van der Waals surface area contributed by atoms with Crippen LogP contribution >= 0.6 is 0 Å². The molecule has 6 heteroatoms. The van der Waals surface area contributed by atoms with Gasteiger partial charge in [-0.2, -0.15) is 0 Å². The van der Waals surface area contributed by atoms with Crippen LogP contribution in [0.5, 0.6) is 0 Å². The van der Waals surface area contributed by atoms with Crippen molar-refractivity contribution in [2.75, 3.05) is 6.54 Å². The van der Waals surface area contributed by atoms with Gasteiger partial charge in [0, 0.05) is 31.1 Å². The average Bonchev–Trinajstić information content (AvgIpc) is 2.83. The fourth-order valence-corrected chi connectivity index (χ4v) is 1.33. The number of imidazole rings is 1. The van der Waals surface area contributed by atoms with Gasteiger partial charge in [-0.1, -0.05) is 0 Å². The first kappa shape index (κ1) is 11.3. The van der Waals surface area contributed by atoms with Gasteiger partial charge in [0.05, 0.1) is 18.2 Å². The summed E-state index contributed by atoms with van der Waals surface area (Å²) in [5.41, 5.74) is 2.11. The van der Waals surface area contributed by atoms with Gasteiger partial charge >= 0.3 is 0 Å². The smallest absolute Gasteiger partial charge is 0.271 e. The van der Waals surface area contributed by atoms with E-state index in [2.05, 4.69) is 25.3 Å². The lowest BCUT2D eigenvalue weighted by Gasteiger charge is -2.03. The number of nitrogens with one attached hydrogen (secondary N) is 2. The molecular weight excluding hydrogens is 218 g/mol. The molecule has 2 aromatic heterocycles. The maximum atomic E-state index is 11.6. The van der Waals surface area contributed by atoms with Gasteiger partial charge in [-0.3, -0.25) is 9.78 Å². The maximum absolute atomic E-state index is 11.6. The van der Waals surface area contributed by atoms with Gasteiger partial charge in [-0.15, -0.1) is 0 Å². The average molecular weight is 231 g/mol. The number of amides is 1. The summed E-state index contributed by atoms with van der Waals surface area (Å²) in [5.74, 6) is -0.211. The molecule has 0 aliphatic carbocycles. The summed E-state index contributed by atoms with van der Waals surface area (Å²) >= 11 is 0. The minimum absolute atomic E-state index is 0.211. The number of nitrogens with zero attached hydrogens (tertiary/aromatic N) is 3. The highest BCUT2D eigenvalue weighted by Crippen LogP contribution is 1.95. The normalized spacial score (nSPS) is 10.2. The largest absolute Gasteiger partial charge is 0.350 e. The zero-order valence-electron chi connectivity index (χ0n) is 9.47. The Bertz CT molecular complexity index is 477. The Morgan fingerprint density at radius 2 is 2.24 bits per heavy atom. The third-order valence-electron chi connectivity index (χ3n) is 2.25. The van der Waals surface area contributed by atoms with Crippen LogP contribution in [0.2, 0.25) is 0 Å². The van der Waals surface area contributed by atoms with Crippen LogP contribution in [-0.4, -0.2) is 32.4 Å². The summed E-state index contributed by atoms with van der Waals surface area (Å²) < 4.78 is 0. The number of carbonyl (C=O) groups excluding carboxylic acids is 1. The minimum Gasteiger partial charge on any atom is -0.350 e. The Morgan fingerprint density at radius 3 is 2.88 bits per heavy atom. The standard InChI is InChI=1S/C11H13N5O/c1-8-4-15-10(6-14-8)11(17)13-3-2-9-5-12-7-16-9/h4-7H,2-3H2,1H3,(H,12,16)(H,13,17). The molecule has 0 saturated carbocycles. The number of rotatable bonds is 4. The molecule has 0 atom stereocenters. The number of aryl methyl sites for hydroxylation is 1. The highest BCUT2D eigenvalue weighted by molar-refractivity contribution is 5.91. The van der Waals surface area contributed by atoms with Crippen LogP contribution < -0.4 is 5.32 Å². The minimum atomic E-state index is -0.211. The molecule has 0 aromatic carbocycles. The van der Waals surface area contributed by atoms with Crippen molar-refractivity contribution in [3.05, 3.63) is 42.0 Å². The van der Waals surface area contributed by atoms with Gasteiger partial charge in [0.2, 0.25) is 0 Å². The van der Waals surface area contributed by atoms with Crippen LogP contribution in [0.4, 0.5) is 0 Å². The van der Waals surface area contributed by atoms with Crippen molar-refractivity contribution in [1.29, 1.82) is 0 Å². The number of H-pyrrole nitrogens is 1. The monoisotopic (exact) mass is 231 g/mol. The van der Waals surface area contributed by atoms with Crippen LogP contribution in [0, 0.1) is 6.92 Å². The molecule has 0 fully saturated rings. The summed E-state index contributed by atoms with van der Waals surface area (Å²) in [6.07, 6.45) is 7.11. The molecule has 0 unspecified atom stereocenters. The highest BCUT2D eigenvalue weighted by atomic mass is 16.1. The zero-order valence-corrected chi connectivity index (χ0v) is 9.47. The van der Waals surface area contributed by atoms with E-state index in [1.807, 2.05) is 6.92 Å². The first-order valence-electron chi connectivity index (χ1n) is 5.30. The summed E-state index contributed by atoms with van der Waals surface area (Å²) in [7, 11) is 0. The molecule has 2 N–H and O–H groups in total. The predicted octanol–water partition coefficient (Wildman–Crippen LogP) is 0.481. The molecule has 0 saturated heterocycles. The summed E-state index contributed by atoms with van der Waals surface area (Å²) in [4.78, 5) is 26.5. The van der Waals surface area contributed by atoms with E-state index >= 15 is 0 Å². The Morgan fingerprint density at radius 1 is 1.35 bits per heavy atom. The van der Waals surface area contributed by atoms with Crippen molar-refractivity contribution in [3.8, 4) is 0 Å². The number of aromatic amines is 1. The van der Waals surface area contributed by atoms with Crippen molar-refractivity contribution in [1.82, 2.24) is 25.3 Å². The number of hydrogen-bond donors (Lipinski definition) is 2. The predicted molar refractivity (Wildman–Crippen MR) is 61.4 cm³/mol. The fraction of sp³-hybridized carbons (Fsp3) is 0.273. The van der Waals surface area contributed by atoms with Crippen molar-refractivity contribution < 1.29 is 4.79 Å². The van der Waals surface area contributed by atoms with E-state index in [9.17, 15) is 4.79 Å². The van der Waals surface area contributed by atoms with E-state index in [4.69, 9.17) is 0 Å². The van der Waals surface area contributed by atoms with Gasteiger partial charge in [0.25, 0.3) is 5.91 Å². The second-order valence-corrected chi connectivity index (χ2v) is 3.63. The van der Waals surface area contributed by atoms with E-state index < -0.39 is 0 Å². The molecule has 2 heterocycles. The van der Waals surface area contributed by atoms with E-state index in [1.165, 1.54) is 6.20 Å². The molecule has 88 valence electrons. The highest BCUT2D eigenvalue weighted by Gasteiger charge is 2.06. The second-order valence-electron chi connectivity index (χ2n) is 3.63. The first-order chi connectivity index (χ1) is 8.25. The summed E-state index contributed by atoms with van der Waals surface area (Å²) in [6.45, 7) is 2.36. The van der Waals surface area contributed by atoms with Crippen LogP contribution in [0.1, 0.15) is 21.9 Å². The van der Waals surface area contributed by atoms with Crippen LogP contribution in [0.15, 0.2) is 24.9 Å². The Kier molecular flexibility index (Phi) is 3.44. The van der Waals surface area contributed by atoms with E-state index in [0.29, 0.717) is 18.7 Å². The Labute approximate surface area is 98.5 Å². The van der Waals surface area contributed by atoms with Crippen molar-refractivity contribution >= 4 is 5.91 Å². The second kappa shape index (κ2) is 5.20. The lowest BCUT2D eigenvalue weighted by atomic mass is 10.3. The molecule has 0 aliphatic rings. The molecular formula is C11H13N5O. The summed E-state index contributed by atoms with van der Waals surface area (Å²) in [6, 6.07) is 0. The van der Waals surface area contributed by atoms with Crippen LogP contribution in [0.25, 0.3) is 0 Å². The van der Waals surface area contributed by atoms with Crippen molar-refractivity contribution in [3.63, 3.8) is 0 Å². The number of carbonyl (C=O) groups is 1. The van der Waals surface area contributed by atoms with Gasteiger partial charge in [0.1, 0.15) is 5.69 Å². The van der Waals surface area contributed by atoms with Crippen molar-refractivity contribution in [2.24, 2.45) is 0 Å². The number of aromatic nitrogens is 4. The lowest BCUT2D eigenvalue weighted by molar-refractivity contribution is 0.0948. The SMILES string of the molecule is Cc1cnc(C(=O)NCCc2cnc[nH]2)cn1. The Balaban J connectivity index is 1.83. The molecule has 2 rings (SSSR count). The summed E-state index contributed by atoms with van der Waals surface area (Å²) in [5, 5.41) is 2.77. The maximum Gasteiger partial charge on any atom is 0.271 e. The zero-order chi connectivity index (χ0) is 12.1. The molecule has 0 bridgehead atoms. The van der Waals surface area contributed by atoms with Crippen LogP contribution in [-0.2, 0) is 6.42 Å². The van der Waals surface area contributed by atoms with E-state index in [-0.39, 0.29) is 5.91 Å². The van der Waals surface area contributed by atoms with E-state index in [0.717, 1.165) is 11.4 Å². The third-order valence-corrected chi connectivity index (χ3v) is 2.25. The fourth-order valence-electron chi connectivity index (χ4n) is 1.33. The van der Waals surface area contributed by atoms with Gasteiger partial charge in [-0.25, -0.2) is 9.97 Å². The number of hydrogen-bond acceptors (Lipinski definition) is 4. The quantitative estimate of drug-likeness (QED) is 0.801. The molecule has 1 amide bonds. The molecule has 0 aliphatic heterocycles. The molecule has 6 nitrogen and oxygen atoms in total. The molecule has 2 aromatic rings. The van der Waals surface area contributed by atoms with Gasteiger partial charge in [0.15, 0.2) is 0 Å². The Hall–Kier alpha value is -2.24. The first-order valence-corrected chi connectivity index (χ1v) is 5.30. The molecule has 0 spiro atoms. The van der Waals surface area contributed by atoms with Crippen LogP contribution in [0.3, 0.4) is 0 Å². The third kappa shape index (κ3) is 3.10. The molecule has 17 heavy (non-hydrogen) atoms. The van der Waals surface area contributed by atoms with E-state index in [1.54, 1.807) is 18.7 Å². The van der Waals surface area contributed by atoms with Gasteiger partial charge in [-0.05, 0) is 6.92 Å². The van der Waals surface area contributed by atoms with Crippen molar-refractivity contribution in [2.45, 2.75) is 13.3 Å². The topological polar surface area (TPSA) is 83.6 Å². The lowest BCUT2D eigenvalue weighted by Crippen LogP contribution is -2.26. The molecule has 0 radical (unpaired) electrons. The van der Waals surface area contributed by atoms with Gasteiger partial charge < -0.3 is 10.3 Å².